The van der Waals surface area contributed by atoms with Crippen molar-refractivity contribution >= 4 is 11.9 Å². The van der Waals surface area contributed by atoms with Gasteiger partial charge in [-0.25, -0.2) is 0 Å². The van der Waals surface area contributed by atoms with Gasteiger partial charge in [0, 0.05) is 26.3 Å². The molecule has 0 radical (unpaired) electrons. The van der Waals surface area contributed by atoms with Crippen LogP contribution in [0.3, 0.4) is 0 Å². The van der Waals surface area contributed by atoms with Crippen LogP contribution in [-0.4, -0.2) is 35.7 Å². The Bertz CT molecular complexity index is 473. The number of carbonyl (C=O) groups excluding carboxylic acids is 2. The maximum absolute atomic E-state index is 11.4. The van der Waals surface area contributed by atoms with E-state index in [1.165, 1.54) is 6.92 Å². The molecule has 102 valence electrons. The summed E-state index contributed by atoms with van der Waals surface area (Å²) in [7, 11) is 0. The fraction of sp³-hybridized carbons (Fsp3) is 0.429. The van der Waals surface area contributed by atoms with Gasteiger partial charge in [-0.15, -0.1) is 0 Å². The monoisotopic (exact) mass is 263 g/mol. The minimum absolute atomic E-state index is 0.155. The minimum Gasteiger partial charge on any atom is -0.456 e. The largest absolute Gasteiger partial charge is 0.456 e. The molecular weight excluding hydrogens is 246 g/mol. The van der Waals surface area contributed by atoms with Crippen molar-refractivity contribution in [3.63, 3.8) is 0 Å². The molecule has 0 aliphatic heterocycles. The van der Waals surface area contributed by atoms with E-state index < -0.39 is 17.5 Å². The first-order chi connectivity index (χ1) is 8.98. The Labute approximate surface area is 111 Å². The van der Waals surface area contributed by atoms with Crippen molar-refractivity contribution in [2.45, 2.75) is 25.4 Å². The smallest absolute Gasteiger partial charge is 0.303 e. The second kappa shape index (κ2) is 5.40. The van der Waals surface area contributed by atoms with Gasteiger partial charge in [-0.3, -0.25) is 9.59 Å². The molecule has 1 aromatic rings. The summed E-state index contributed by atoms with van der Waals surface area (Å²) in [5.41, 5.74) is 1.27. The van der Waals surface area contributed by atoms with Crippen LogP contribution in [0, 0.1) is 0 Å². The highest BCUT2D eigenvalue weighted by Crippen LogP contribution is 2.29. The number of hydrogen-bond acceptors (Lipinski definition) is 4. The first-order valence-electron chi connectivity index (χ1n) is 6.18. The molecule has 0 saturated carbocycles. The normalized spacial score (nSPS) is 15.7. The number of ether oxygens (including phenoxy) is 1. The number of amides is 1. The molecule has 1 aromatic carbocycles. The quantitative estimate of drug-likeness (QED) is 0.761. The number of esters is 1. The molecule has 5 nitrogen and oxygen atoms in total. The third kappa shape index (κ3) is 3.54. The van der Waals surface area contributed by atoms with Crippen LogP contribution in [0.4, 0.5) is 0 Å². The third-order valence-electron chi connectivity index (χ3n) is 3.18. The molecule has 19 heavy (non-hydrogen) atoms. The Balaban J connectivity index is 1.84. The minimum atomic E-state index is -0.949. The summed E-state index contributed by atoms with van der Waals surface area (Å²) in [5.74, 6) is -0.901. The number of hydrogen-bond donors (Lipinski definition) is 2. The predicted octanol–water partition coefficient (Wildman–Crippen LogP) is 0.196. The van der Waals surface area contributed by atoms with Gasteiger partial charge in [0.25, 0.3) is 5.91 Å². The molecule has 0 heterocycles. The van der Waals surface area contributed by atoms with Gasteiger partial charge in [0.2, 0.25) is 0 Å². The second-order valence-electron chi connectivity index (χ2n) is 4.90. The van der Waals surface area contributed by atoms with Crippen LogP contribution in [0.1, 0.15) is 18.1 Å². The van der Waals surface area contributed by atoms with Crippen molar-refractivity contribution in [1.82, 2.24) is 5.32 Å². The average molecular weight is 263 g/mol. The van der Waals surface area contributed by atoms with E-state index in [0.29, 0.717) is 12.8 Å². The van der Waals surface area contributed by atoms with Crippen LogP contribution in [0.25, 0.3) is 0 Å². The Morgan fingerprint density at radius 3 is 2.42 bits per heavy atom. The summed E-state index contributed by atoms with van der Waals surface area (Å²) < 4.78 is 4.58. The van der Waals surface area contributed by atoms with E-state index in [9.17, 15) is 14.7 Å². The highest BCUT2D eigenvalue weighted by Gasteiger charge is 2.35. The third-order valence-corrected chi connectivity index (χ3v) is 3.18. The van der Waals surface area contributed by atoms with Crippen LogP contribution < -0.4 is 5.32 Å². The van der Waals surface area contributed by atoms with E-state index >= 15 is 0 Å². The van der Waals surface area contributed by atoms with Crippen LogP contribution in [0.15, 0.2) is 24.3 Å². The van der Waals surface area contributed by atoms with Gasteiger partial charge < -0.3 is 15.2 Å². The molecule has 2 N–H and O–H groups in total. The first kappa shape index (κ1) is 13.5. The van der Waals surface area contributed by atoms with Gasteiger partial charge >= 0.3 is 5.97 Å². The van der Waals surface area contributed by atoms with Crippen molar-refractivity contribution in [2.24, 2.45) is 0 Å². The lowest BCUT2D eigenvalue weighted by atomic mass is 10.0. The number of benzene rings is 1. The molecule has 0 saturated heterocycles. The molecule has 1 amide bonds. The predicted molar refractivity (Wildman–Crippen MR) is 68.4 cm³/mol. The van der Waals surface area contributed by atoms with E-state index in [4.69, 9.17) is 0 Å². The molecule has 2 rings (SSSR count). The summed E-state index contributed by atoms with van der Waals surface area (Å²) in [5, 5.41) is 13.0. The molecule has 1 aliphatic carbocycles. The average Bonchev–Trinajstić information content (AvgIpc) is 2.70. The second-order valence-corrected chi connectivity index (χ2v) is 4.90. The number of nitrogens with one attached hydrogen (secondary N) is 1. The SMILES string of the molecule is CC(=O)OCC(=O)NCC1(O)Cc2ccccc2C1. The van der Waals surface area contributed by atoms with E-state index in [2.05, 4.69) is 10.1 Å². The van der Waals surface area contributed by atoms with Gasteiger partial charge in [0.05, 0.1) is 5.60 Å². The van der Waals surface area contributed by atoms with Crippen molar-refractivity contribution in [1.29, 1.82) is 0 Å². The zero-order chi connectivity index (χ0) is 13.9. The van der Waals surface area contributed by atoms with E-state index in [1.807, 2.05) is 24.3 Å². The zero-order valence-electron chi connectivity index (χ0n) is 10.8. The maximum atomic E-state index is 11.4. The Hall–Kier alpha value is -1.88. The maximum Gasteiger partial charge on any atom is 0.303 e. The highest BCUT2D eigenvalue weighted by atomic mass is 16.5. The van der Waals surface area contributed by atoms with Gasteiger partial charge in [-0.1, -0.05) is 24.3 Å². The van der Waals surface area contributed by atoms with Gasteiger partial charge in [-0.2, -0.15) is 0 Å². The lowest BCUT2D eigenvalue weighted by Gasteiger charge is -2.22. The van der Waals surface area contributed by atoms with E-state index in [0.717, 1.165) is 11.1 Å². The molecule has 0 bridgehead atoms. The Kier molecular flexibility index (Phi) is 3.85. The van der Waals surface area contributed by atoms with Crippen molar-refractivity contribution in [3.05, 3.63) is 35.4 Å². The molecule has 0 spiro atoms. The fourth-order valence-corrected chi connectivity index (χ4v) is 2.28. The summed E-state index contributed by atoms with van der Waals surface area (Å²) in [6.45, 7) is 1.09. The molecule has 0 fully saturated rings. The number of aliphatic hydroxyl groups is 1. The van der Waals surface area contributed by atoms with Crippen molar-refractivity contribution in [3.8, 4) is 0 Å². The summed E-state index contributed by atoms with van der Waals surface area (Å²) in [6.07, 6.45) is 1.05. The van der Waals surface area contributed by atoms with Crippen LogP contribution in [-0.2, 0) is 27.2 Å². The highest BCUT2D eigenvalue weighted by molar-refractivity contribution is 5.79. The van der Waals surface area contributed by atoms with Crippen LogP contribution >= 0.6 is 0 Å². The van der Waals surface area contributed by atoms with Crippen molar-refractivity contribution in [2.75, 3.05) is 13.2 Å². The summed E-state index contributed by atoms with van der Waals surface area (Å²) in [6, 6.07) is 7.83. The number of rotatable bonds is 4. The Morgan fingerprint density at radius 2 is 1.89 bits per heavy atom. The van der Waals surface area contributed by atoms with E-state index in [-0.39, 0.29) is 13.2 Å². The van der Waals surface area contributed by atoms with Crippen LogP contribution in [0.2, 0.25) is 0 Å². The van der Waals surface area contributed by atoms with E-state index in [1.54, 1.807) is 0 Å². The van der Waals surface area contributed by atoms with Crippen molar-refractivity contribution < 1.29 is 19.4 Å². The summed E-state index contributed by atoms with van der Waals surface area (Å²) in [4.78, 5) is 22.0. The molecule has 1 aliphatic rings. The Morgan fingerprint density at radius 1 is 1.32 bits per heavy atom. The zero-order valence-corrected chi connectivity index (χ0v) is 10.8. The van der Waals surface area contributed by atoms with Crippen LogP contribution in [0.5, 0.6) is 0 Å². The van der Waals surface area contributed by atoms with Gasteiger partial charge in [0.1, 0.15) is 0 Å². The fourth-order valence-electron chi connectivity index (χ4n) is 2.28. The van der Waals surface area contributed by atoms with Gasteiger partial charge in [0.15, 0.2) is 6.61 Å². The molecular formula is C14H17NO4. The standard InChI is InChI=1S/C14H17NO4/c1-10(16)19-8-13(17)15-9-14(18)6-11-4-2-3-5-12(11)7-14/h2-5,18H,6-9H2,1H3,(H,15,17). The number of carbonyl (C=O) groups is 2. The molecule has 5 heteroatoms. The lowest BCUT2D eigenvalue weighted by Crippen LogP contribution is -2.44. The first-order valence-corrected chi connectivity index (χ1v) is 6.18. The molecule has 0 unspecified atom stereocenters. The number of fused-ring (bicyclic) bond motifs is 1. The topological polar surface area (TPSA) is 75.6 Å². The molecule has 0 aromatic heterocycles. The summed E-state index contributed by atoms with van der Waals surface area (Å²) >= 11 is 0. The molecule has 0 atom stereocenters. The lowest BCUT2D eigenvalue weighted by molar-refractivity contribution is -0.146. The van der Waals surface area contributed by atoms with Gasteiger partial charge in [-0.05, 0) is 11.1 Å².